The van der Waals surface area contributed by atoms with E-state index in [4.69, 9.17) is 11.6 Å². The minimum absolute atomic E-state index is 0.0729. The van der Waals surface area contributed by atoms with Gasteiger partial charge in [-0.15, -0.1) is 0 Å². The predicted molar refractivity (Wildman–Crippen MR) is 86.8 cm³/mol. The zero-order valence-corrected chi connectivity index (χ0v) is 12.4. The van der Waals surface area contributed by atoms with Gasteiger partial charge in [-0.05, 0) is 42.1 Å². The number of hydrogen-bond donors (Lipinski definition) is 1. The highest BCUT2D eigenvalue weighted by Gasteiger charge is 2.07. The Labute approximate surface area is 128 Å². The number of rotatable bonds is 3. The predicted octanol–water partition coefficient (Wildman–Crippen LogP) is 4.24. The average Bonchev–Trinajstić information content (AvgIpc) is 2.86. The molecular formula is C17H15ClN2O. The van der Waals surface area contributed by atoms with E-state index >= 15 is 0 Å². The summed E-state index contributed by atoms with van der Waals surface area (Å²) in [6.45, 7) is 2.21. The van der Waals surface area contributed by atoms with Crippen molar-refractivity contribution in [2.75, 3.05) is 5.32 Å². The molecule has 2 aromatic carbocycles. The number of aromatic nitrogens is 1. The number of carbonyl (C=O) groups excluding carboxylic acids is 1. The van der Waals surface area contributed by atoms with Gasteiger partial charge in [0.1, 0.15) is 6.54 Å². The van der Waals surface area contributed by atoms with Crippen molar-refractivity contribution in [3.05, 3.63) is 65.3 Å². The Bertz CT molecular complexity index is 807. The van der Waals surface area contributed by atoms with Crippen molar-refractivity contribution in [2.45, 2.75) is 13.5 Å². The molecule has 1 heterocycles. The lowest BCUT2D eigenvalue weighted by Gasteiger charge is -2.08. The maximum absolute atomic E-state index is 12.1. The van der Waals surface area contributed by atoms with Crippen LogP contribution in [0.15, 0.2) is 54.7 Å². The van der Waals surface area contributed by atoms with Crippen molar-refractivity contribution in [3.63, 3.8) is 0 Å². The van der Waals surface area contributed by atoms with E-state index in [1.165, 1.54) is 0 Å². The highest BCUT2D eigenvalue weighted by molar-refractivity contribution is 6.31. The first-order chi connectivity index (χ1) is 10.1. The molecule has 106 valence electrons. The SMILES string of the molecule is Cc1ccc(NC(=O)Cn2ccc3ccccc32)cc1Cl. The van der Waals surface area contributed by atoms with Crippen LogP contribution in [0.3, 0.4) is 0 Å². The monoisotopic (exact) mass is 298 g/mol. The first-order valence-electron chi connectivity index (χ1n) is 6.73. The van der Waals surface area contributed by atoms with Crippen LogP contribution in [-0.4, -0.2) is 10.5 Å². The minimum Gasteiger partial charge on any atom is -0.338 e. The molecule has 0 saturated carbocycles. The standard InChI is InChI=1S/C17H15ClN2O/c1-12-6-7-14(10-15(12)18)19-17(21)11-20-9-8-13-4-2-3-5-16(13)20/h2-10H,11H2,1H3,(H,19,21). The Kier molecular flexibility index (Phi) is 3.67. The molecule has 0 fully saturated rings. The zero-order chi connectivity index (χ0) is 14.8. The van der Waals surface area contributed by atoms with Gasteiger partial charge in [-0.3, -0.25) is 4.79 Å². The number of nitrogens with zero attached hydrogens (tertiary/aromatic N) is 1. The molecule has 3 nitrogen and oxygen atoms in total. The maximum atomic E-state index is 12.1. The van der Waals surface area contributed by atoms with E-state index in [1.54, 1.807) is 6.07 Å². The Morgan fingerprint density at radius 1 is 1.19 bits per heavy atom. The fourth-order valence-corrected chi connectivity index (χ4v) is 2.48. The summed E-state index contributed by atoms with van der Waals surface area (Å²) in [5, 5.41) is 4.65. The van der Waals surface area contributed by atoms with E-state index < -0.39 is 0 Å². The van der Waals surface area contributed by atoms with Crippen molar-refractivity contribution in [3.8, 4) is 0 Å². The summed E-state index contributed by atoms with van der Waals surface area (Å²) < 4.78 is 1.93. The van der Waals surface area contributed by atoms with Gasteiger partial charge >= 0.3 is 0 Å². The number of anilines is 1. The lowest BCUT2D eigenvalue weighted by atomic mass is 10.2. The van der Waals surface area contributed by atoms with Gasteiger partial charge in [0.25, 0.3) is 0 Å². The molecule has 1 N–H and O–H groups in total. The van der Waals surface area contributed by atoms with E-state index in [-0.39, 0.29) is 12.5 Å². The Morgan fingerprint density at radius 3 is 2.81 bits per heavy atom. The maximum Gasteiger partial charge on any atom is 0.244 e. The second-order valence-electron chi connectivity index (χ2n) is 5.01. The van der Waals surface area contributed by atoms with Gasteiger partial charge in [0.05, 0.1) is 0 Å². The molecule has 3 rings (SSSR count). The number of nitrogens with one attached hydrogen (secondary N) is 1. The van der Waals surface area contributed by atoms with Crippen LogP contribution in [0.1, 0.15) is 5.56 Å². The quantitative estimate of drug-likeness (QED) is 0.771. The molecule has 4 heteroatoms. The van der Waals surface area contributed by atoms with Gasteiger partial charge in [-0.25, -0.2) is 0 Å². The number of halogens is 1. The molecule has 0 spiro atoms. The zero-order valence-electron chi connectivity index (χ0n) is 11.6. The van der Waals surface area contributed by atoms with Crippen LogP contribution in [0.2, 0.25) is 5.02 Å². The summed E-state index contributed by atoms with van der Waals surface area (Å²) in [7, 11) is 0. The normalized spacial score (nSPS) is 10.8. The third kappa shape index (κ3) is 2.93. The van der Waals surface area contributed by atoms with E-state index in [1.807, 2.05) is 60.2 Å². The number of aryl methyl sites for hydroxylation is 1. The molecule has 0 atom stereocenters. The Morgan fingerprint density at radius 2 is 2.00 bits per heavy atom. The highest BCUT2D eigenvalue weighted by Crippen LogP contribution is 2.20. The van der Waals surface area contributed by atoms with E-state index in [0.29, 0.717) is 10.7 Å². The fraction of sp³-hybridized carbons (Fsp3) is 0.118. The summed E-state index contributed by atoms with van der Waals surface area (Å²) in [6, 6.07) is 15.5. The first kappa shape index (κ1) is 13.7. The van der Waals surface area contributed by atoms with E-state index in [9.17, 15) is 4.79 Å². The Hall–Kier alpha value is -2.26. The van der Waals surface area contributed by atoms with Crippen LogP contribution in [0.5, 0.6) is 0 Å². The lowest BCUT2D eigenvalue weighted by Crippen LogP contribution is -2.18. The number of amides is 1. The van der Waals surface area contributed by atoms with Crippen LogP contribution in [-0.2, 0) is 11.3 Å². The van der Waals surface area contributed by atoms with Gasteiger partial charge in [-0.1, -0.05) is 35.9 Å². The van der Waals surface area contributed by atoms with E-state index in [0.717, 1.165) is 16.5 Å². The largest absolute Gasteiger partial charge is 0.338 e. The van der Waals surface area contributed by atoms with Crippen molar-refractivity contribution < 1.29 is 4.79 Å². The fourth-order valence-electron chi connectivity index (χ4n) is 2.30. The van der Waals surface area contributed by atoms with Gasteiger partial charge in [0.15, 0.2) is 0 Å². The third-order valence-electron chi connectivity index (χ3n) is 3.45. The second kappa shape index (κ2) is 5.62. The van der Waals surface area contributed by atoms with Crippen molar-refractivity contribution in [1.29, 1.82) is 0 Å². The van der Waals surface area contributed by atoms with Crippen LogP contribution in [0, 0.1) is 6.92 Å². The summed E-state index contributed by atoms with van der Waals surface area (Å²) in [6.07, 6.45) is 1.92. The Balaban J connectivity index is 1.75. The lowest BCUT2D eigenvalue weighted by molar-refractivity contribution is -0.116. The summed E-state index contributed by atoms with van der Waals surface area (Å²) >= 11 is 6.06. The molecule has 21 heavy (non-hydrogen) atoms. The first-order valence-corrected chi connectivity index (χ1v) is 7.11. The molecule has 3 aromatic rings. The van der Waals surface area contributed by atoms with Gasteiger partial charge in [-0.2, -0.15) is 0 Å². The third-order valence-corrected chi connectivity index (χ3v) is 3.86. The molecule has 0 bridgehead atoms. The number of para-hydroxylation sites is 1. The number of hydrogen-bond acceptors (Lipinski definition) is 1. The topological polar surface area (TPSA) is 34.0 Å². The molecule has 0 saturated heterocycles. The number of benzene rings is 2. The molecule has 0 radical (unpaired) electrons. The molecule has 1 amide bonds. The smallest absolute Gasteiger partial charge is 0.244 e. The van der Waals surface area contributed by atoms with Crippen LogP contribution in [0.4, 0.5) is 5.69 Å². The molecule has 0 aliphatic rings. The van der Waals surface area contributed by atoms with Crippen molar-refractivity contribution in [1.82, 2.24) is 4.57 Å². The second-order valence-corrected chi connectivity index (χ2v) is 5.42. The van der Waals surface area contributed by atoms with Crippen LogP contribution in [0.25, 0.3) is 10.9 Å². The summed E-state index contributed by atoms with van der Waals surface area (Å²) in [4.78, 5) is 12.1. The van der Waals surface area contributed by atoms with Gasteiger partial charge in [0, 0.05) is 22.4 Å². The highest BCUT2D eigenvalue weighted by atomic mass is 35.5. The van der Waals surface area contributed by atoms with Crippen LogP contribution >= 0.6 is 11.6 Å². The molecular weight excluding hydrogens is 284 g/mol. The number of fused-ring (bicyclic) bond motifs is 1. The minimum atomic E-state index is -0.0729. The molecule has 1 aromatic heterocycles. The number of carbonyl (C=O) groups is 1. The van der Waals surface area contributed by atoms with Crippen molar-refractivity contribution in [2.24, 2.45) is 0 Å². The van der Waals surface area contributed by atoms with Gasteiger partial charge in [0.2, 0.25) is 5.91 Å². The van der Waals surface area contributed by atoms with Crippen molar-refractivity contribution >= 4 is 34.1 Å². The summed E-state index contributed by atoms with van der Waals surface area (Å²) in [5.74, 6) is -0.0729. The molecule has 0 unspecified atom stereocenters. The van der Waals surface area contributed by atoms with E-state index in [2.05, 4.69) is 5.32 Å². The van der Waals surface area contributed by atoms with Gasteiger partial charge < -0.3 is 9.88 Å². The van der Waals surface area contributed by atoms with Crippen LogP contribution < -0.4 is 5.32 Å². The molecule has 0 aliphatic heterocycles. The average molecular weight is 299 g/mol. The molecule has 0 aliphatic carbocycles. The summed E-state index contributed by atoms with van der Waals surface area (Å²) in [5.41, 5.74) is 2.76.